The molecule has 2 aromatic heterocycles. The lowest BCUT2D eigenvalue weighted by Gasteiger charge is -2.16. The number of carbonyl (C=O) groups is 1. The van der Waals surface area contributed by atoms with Crippen molar-refractivity contribution in [2.24, 2.45) is 0 Å². The maximum atomic E-state index is 11.8. The van der Waals surface area contributed by atoms with Gasteiger partial charge in [-0.25, -0.2) is 15.0 Å². The zero-order valence-corrected chi connectivity index (χ0v) is 19.7. The first-order valence-electron chi connectivity index (χ1n) is 11.0. The largest absolute Gasteiger partial charge is 0.439 e. The summed E-state index contributed by atoms with van der Waals surface area (Å²) in [5.41, 5.74) is 11.5. The molecule has 1 amide bonds. The van der Waals surface area contributed by atoms with Gasteiger partial charge in [0.25, 0.3) is 0 Å². The predicted octanol–water partition coefficient (Wildman–Crippen LogP) is 6.51. The van der Waals surface area contributed by atoms with Gasteiger partial charge < -0.3 is 15.8 Å². The molecule has 0 fully saturated rings. The SMILES string of the molecule is C=CC(=O)Nc1cccc(-c2cc(-c3ccc(Oc4ccccn4)cc3Cl)c(N)c3cncnc23)c1. The number of nitrogen functional groups attached to an aromatic ring is 1. The molecule has 5 rings (SSSR count). The molecule has 3 N–H and O–H groups in total. The molecule has 176 valence electrons. The number of anilines is 2. The molecule has 0 aliphatic carbocycles. The molecule has 0 spiro atoms. The average Bonchev–Trinajstić information content (AvgIpc) is 2.90. The van der Waals surface area contributed by atoms with Gasteiger partial charge in [-0.3, -0.25) is 4.79 Å². The molecule has 3 aromatic carbocycles. The molecule has 8 heteroatoms. The molecule has 0 bridgehead atoms. The van der Waals surface area contributed by atoms with Gasteiger partial charge in [-0.05, 0) is 48.0 Å². The van der Waals surface area contributed by atoms with Crippen LogP contribution in [0.3, 0.4) is 0 Å². The Morgan fingerprint density at radius 2 is 1.89 bits per heavy atom. The van der Waals surface area contributed by atoms with Crippen molar-refractivity contribution in [2.45, 2.75) is 0 Å². The summed E-state index contributed by atoms with van der Waals surface area (Å²) in [6, 6.07) is 20.2. The van der Waals surface area contributed by atoms with Crippen LogP contribution in [-0.4, -0.2) is 20.9 Å². The third-order valence-electron chi connectivity index (χ3n) is 5.55. The van der Waals surface area contributed by atoms with Crippen molar-refractivity contribution in [3.63, 3.8) is 0 Å². The minimum atomic E-state index is -0.294. The fraction of sp³-hybridized carbons (Fsp3) is 0. The van der Waals surface area contributed by atoms with E-state index >= 15 is 0 Å². The number of hydrogen-bond donors (Lipinski definition) is 2. The van der Waals surface area contributed by atoms with Gasteiger partial charge in [0.05, 0.1) is 16.2 Å². The molecular formula is C28H20ClN5O2. The van der Waals surface area contributed by atoms with Gasteiger partial charge in [0.15, 0.2) is 0 Å². The van der Waals surface area contributed by atoms with E-state index in [4.69, 9.17) is 22.1 Å². The number of nitrogens with two attached hydrogens (primary N) is 1. The van der Waals surface area contributed by atoms with Gasteiger partial charge >= 0.3 is 0 Å². The van der Waals surface area contributed by atoms with Crippen molar-refractivity contribution < 1.29 is 9.53 Å². The Kier molecular flexibility index (Phi) is 6.30. The number of carbonyl (C=O) groups excluding carboxylic acids is 1. The van der Waals surface area contributed by atoms with Crippen LogP contribution in [0, 0.1) is 0 Å². The smallest absolute Gasteiger partial charge is 0.247 e. The van der Waals surface area contributed by atoms with Crippen LogP contribution in [0.1, 0.15) is 0 Å². The molecule has 0 unspecified atom stereocenters. The highest BCUT2D eigenvalue weighted by Crippen LogP contribution is 2.42. The monoisotopic (exact) mass is 493 g/mol. The Morgan fingerprint density at radius 3 is 2.67 bits per heavy atom. The number of halogens is 1. The van der Waals surface area contributed by atoms with Gasteiger partial charge in [-0.1, -0.05) is 36.4 Å². The quantitative estimate of drug-likeness (QED) is 0.206. The number of amides is 1. The van der Waals surface area contributed by atoms with Crippen molar-refractivity contribution in [1.82, 2.24) is 15.0 Å². The zero-order chi connectivity index (χ0) is 25.1. The van der Waals surface area contributed by atoms with Crippen LogP contribution in [0.4, 0.5) is 11.4 Å². The van der Waals surface area contributed by atoms with Crippen LogP contribution in [-0.2, 0) is 4.79 Å². The predicted molar refractivity (Wildman–Crippen MR) is 143 cm³/mol. The molecule has 2 heterocycles. The zero-order valence-electron chi connectivity index (χ0n) is 19.0. The van der Waals surface area contributed by atoms with E-state index in [0.29, 0.717) is 38.9 Å². The number of pyridine rings is 1. The lowest BCUT2D eigenvalue weighted by atomic mass is 9.94. The summed E-state index contributed by atoms with van der Waals surface area (Å²) in [7, 11) is 0. The van der Waals surface area contributed by atoms with E-state index in [-0.39, 0.29) is 5.91 Å². The van der Waals surface area contributed by atoms with E-state index in [0.717, 1.165) is 22.3 Å². The van der Waals surface area contributed by atoms with E-state index in [1.54, 1.807) is 30.6 Å². The summed E-state index contributed by atoms with van der Waals surface area (Å²) < 4.78 is 5.81. The highest BCUT2D eigenvalue weighted by atomic mass is 35.5. The van der Waals surface area contributed by atoms with Crippen LogP contribution in [0.25, 0.3) is 33.2 Å². The van der Waals surface area contributed by atoms with E-state index < -0.39 is 0 Å². The standard InChI is InChI=1S/C28H20ClN5O2/c1-2-25(35)34-18-7-5-6-17(12-18)21-14-22(27(30)23-15-31-16-33-28(21)23)20-10-9-19(13-24(20)29)36-26-8-3-4-11-32-26/h2-16H,1,30H2,(H,34,35). The topological polar surface area (TPSA) is 103 Å². The normalized spacial score (nSPS) is 10.7. The Bertz CT molecular complexity index is 1610. The first-order valence-corrected chi connectivity index (χ1v) is 11.4. The van der Waals surface area contributed by atoms with Gasteiger partial charge in [0.1, 0.15) is 12.1 Å². The van der Waals surface area contributed by atoms with E-state index in [1.807, 2.05) is 48.5 Å². The number of ether oxygens (including phenoxy) is 1. The van der Waals surface area contributed by atoms with Crippen LogP contribution >= 0.6 is 11.6 Å². The van der Waals surface area contributed by atoms with Crippen molar-refractivity contribution >= 4 is 39.8 Å². The minimum Gasteiger partial charge on any atom is -0.439 e. The number of hydrogen-bond acceptors (Lipinski definition) is 6. The molecule has 0 saturated heterocycles. The third-order valence-corrected chi connectivity index (χ3v) is 5.87. The fourth-order valence-corrected chi connectivity index (χ4v) is 4.16. The second-order valence-corrected chi connectivity index (χ2v) is 8.26. The van der Waals surface area contributed by atoms with Crippen LogP contribution in [0.15, 0.2) is 98.1 Å². The number of aromatic nitrogens is 3. The van der Waals surface area contributed by atoms with Crippen molar-refractivity contribution in [2.75, 3.05) is 11.1 Å². The highest BCUT2D eigenvalue weighted by Gasteiger charge is 2.17. The first kappa shape index (κ1) is 23.0. The maximum Gasteiger partial charge on any atom is 0.247 e. The highest BCUT2D eigenvalue weighted by molar-refractivity contribution is 6.34. The summed E-state index contributed by atoms with van der Waals surface area (Å²) in [4.78, 5) is 24.7. The van der Waals surface area contributed by atoms with Crippen LogP contribution < -0.4 is 15.8 Å². The van der Waals surface area contributed by atoms with Gasteiger partial charge in [0.2, 0.25) is 11.8 Å². The van der Waals surface area contributed by atoms with Crippen LogP contribution in [0.2, 0.25) is 5.02 Å². The van der Waals surface area contributed by atoms with Gasteiger partial charge in [-0.2, -0.15) is 0 Å². The lowest BCUT2D eigenvalue weighted by molar-refractivity contribution is -0.111. The Hall–Kier alpha value is -4.75. The summed E-state index contributed by atoms with van der Waals surface area (Å²) in [6.07, 6.45) is 6.04. The summed E-state index contributed by atoms with van der Waals surface area (Å²) in [5, 5.41) is 3.94. The van der Waals surface area contributed by atoms with Crippen molar-refractivity contribution in [3.05, 3.63) is 103 Å². The van der Waals surface area contributed by atoms with Gasteiger partial charge in [-0.15, -0.1) is 0 Å². The molecule has 0 aliphatic rings. The number of nitrogens with one attached hydrogen (secondary N) is 1. The molecule has 36 heavy (non-hydrogen) atoms. The Labute approximate surface area is 212 Å². The fourth-order valence-electron chi connectivity index (χ4n) is 3.88. The number of rotatable bonds is 6. The van der Waals surface area contributed by atoms with Crippen molar-refractivity contribution in [1.29, 1.82) is 0 Å². The van der Waals surface area contributed by atoms with Crippen LogP contribution in [0.5, 0.6) is 11.6 Å². The van der Waals surface area contributed by atoms with E-state index in [1.165, 1.54) is 12.4 Å². The molecule has 5 aromatic rings. The summed E-state index contributed by atoms with van der Waals surface area (Å²) in [5.74, 6) is 0.725. The summed E-state index contributed by atoms with van der Waals surface area (Å²) >= 11 is 6.71. The van der Waals surface area contributed by atoms with Crippen molar-refractivity contribution in [3.8, 4) is 33.9 Å². The molecule has 0 atom stereocenters. The number of fused-ring (bicyclic) bond motifs is 1. The molecule has 0 aliphatic heterocycles. The molecular weight excluding hydrogens is 474 g/mol. The minimum absolute atomic E-state index is 0.294. The number of benzene rings is 3. The molecule has 0 saturated carbocycles. The first-order chi connectivity index (χ1) is 17.5. The van der Waals surface area contributed by atoms with E-state index in [2.05, 4.69) is 26.8 Å². The Balaban J connectivity index is 1.62. The second-order valence-electron chi connectivity index (χ2n) is 7.86. The second kappa shape index (κ2) is 9.85. The molecule has 0 radical (unpaired) electrons. The third kappa shape index (κ3) is 4.60. The van der Waals surface area contributed by atoms with E-state index in [9.17, 15) is 4.79 Å². The lowest BCUT2D eigenvalue weighted by Crippen LogP contribution is -2.07. The maximum absolute atomic E-state index is 11.8. The number of nitrogens with zero attached hydrogens (tertiary/aromatic N) is 3. The summed E-state index contributed by atoms with van der Waals surface area (Å²) in [6.45, 7) is 3.50. The van der Waals surface area contributed by atoms with Gasteiger partial charge in [0, 0.05) is 52.3 Å². The molecule has 7 nitrogen and oxygen atoms in total. The Morgan fingerprint density at radius 1 is 1.00 bits per heavy atom. The average molecular weight is 494 g/mol.